The minimum Gasteiger partial charge on any atom is -0.337 e. The van der Waals surface area contributed by atoms with Gasteiger partial charge in [0.2, 0.25) is 11.8 Å². The van der Waals surface area contributed by atoms with Crippen molar-refractivity contribution in [2.45, 2.75) is 30.2 Å². The summed E-state index contributed by atoms with van der Waals surface area (Å²) in [5, 5.41) is 13.2. The van der Waals surface area contributed by atoms with Crippen LogP contribution < -0.4 is 5.32 Å². The normalized spacial score (nSPS) is 18.3. The molecule has 0 aliphatic carbocycles. The number of carbonyl (C=O) groups is 2. The summed E-state index contributed by atoms with van der Waals surface area (Å²) in [7, 11) is 0. The number of carbonyl (C=O) groups excluding carboxylic acids is 2. The lowest BCUT2D eigenvalue weighted by atomic mass is 9.87. The van der Waals surface area contributed by atoms with Crippen LogP contribution in [0.25, 0.3) is 0 Å². The zero-order valence-electron chi connectivity index (χ0n) is 17.3. The molecule has 31 heavy (non-hydrogen) atoms. The fraction of sp³-hybridized carbons (Fsp3) is 0.292. The van der Waals surface area contributed by atoms with Crippen LogP contribution in [0.1, 0.15) is 29.0 Å². The summed E-state index contributed by atoms with van der Waals surface area (Å²) in [6, 6.07) is 18.4. The van der Waals surface area contributed by atoms with E-state index >= 15 is 0 Å². The predicted octanol–water partition coefficient (Wildman–Crippen LogP) is 4.07. The van der Waals surface area contributed by atoms with Gasteiger partial charge < -0.3 is 10.2 Å². The summed E-state index contributed by atoms with van der Waals surface area (Å²) in [6.45, 7) is 1.30. The van der Waals surface area contributed by atoms with Gasteiger partial charge in [-0.15, -0.1) is 11.8 Å². The highest BCUT2D eigenvalue weighted by atomic mass is 32.2. The first kappa shape index (κ1) is 21.5. The topological polar surface area (TPSA) is 73.2 Å². The van der Waals surface area contributed by atoms with Crippen LogP contribution in [0.3, 0.4) is 0 Å². The van der Waals surface area contributed by atoms with E-state index in [-0.39, 0.29) is 29.9 Å². The number of allylic oxidation sites excluding steroid dienone is 1. The molecule has 0 fully saturated rings. The molecule has 2 amide bonds. The maximum absolute atomic E-state index is 12.8. The Hall–Kier alpha value is -2.69. The maximum atomic E-state index is 12.8. The largest absolute Gasteiger partial charge is 0.337 e. The van der Waals surface area contributed by atoms with Crippen molar-refractivity contribution in [3.8, 4) is 6.07 Å². The van der Waals surface area contributed by atoms with Crippen LogP contribution in [0.15, 0.2) is 64.0 Å². The Morgan fingerprint density at radius 1 is 1.19 bits per heavy atom. The SMILES string of the molecule is CSc1ccc([C@H]2CC(=O)NC(SCC(=O)N3CCc4ccccc4C3)=C2C#N)cc1. The third-order valence-corrected chi connectivity index (χ3v) is 7.44. The van der Waals surface area contributed by atoms with Crippen molar-refractivity contribution in [1.29, 1.82) is 5.26 Å². The Kier molecular flexibility index (Phi) is 6.69. The molecular formula is C24H23N3O2S2. The lowest BCUT2D eigenvalue weighted by molar-refractivity contribution is -0.129. The second-order valence-electron chi connectivity index (χ2n) is 7.56. The quantitative estimate of drug-likeness (QED) is 0.697. The van der Waals surface area contributed by atoms with Gasteiger partial charge in [0.25, 0.3) is 0 Å². The first-order valence-corrected chi connectivity index (χ1v) is 12.4. The van der Waals surface area contributed by atoms with E-state index in [1.807, 2.05) is 47.6 Å². The summed E-state index contributed by atoms with van der Waals surface area (Å²) in [4.78, 5) is 28.2. The van der Waals surface area contributed by atoms with Crippen molar-refractivity contribution < 1.29 is 9.59 Å². The molecule has 4 rings (SSSR count). The van der Waals surface area contributed by atoms with Gasteiger partial charge in [-0.3, -0.25) is 9.59 Å². The lowest BCUT2D eigenvalue weighted by Gasteiger charge is -2.29. The lowest BCUT2D eigenvalue weighted by Crippen LogP contribution is -2.37. The van der Waals surface area contributed by atoms with Gasteiger partial charge in [0.15, 0.2) is 0 Å². The molecule has 0 saturated carbocycles. The summed E-state index contributed by atoms with van der Waals surface area (Å²) in [6.07, 6.45) is 3.10. The average molecular weight is 450 g/mol. The van der Waals surface area contributed by atoms with E-state index < -0.39 is 0 Å². The number of nitrogens with one attached hydrogen (secondary N) is 1. The van der Waals surface area contributed by atoms with Gasteiger partial charge in [-0.05, 0) is 41.5 Å². The molecule has 2 aromatic rings. The molecule has 1 atom stereocenters. The molecule has 0 radical (unpaired) electrons. The zero-order chi connectivity index (χ0) is 21.8. The third-order valence-electron chi connectivity index (χ3n) is 5.70. The molecule has 2 heterocycles. The van der Waals surface area contributed by atoms with Crippen LogP contribution in [0.2, 0.25) is 0 Å². The number of hydrogen-bond acceptors (Lipinski definition) is 5. The Morgan fingerprint density at radius 3 is 2.65 bits per heavy atom. The average Bonchev–Trinajstić information content (AvgIpc) is 2.81. The number of thioether (sulfide) groups is 2. The van der Waals surface area contributed by atoms with E-state index in [1.165, 1.54) is 22.9 Å². The molecule has 2 aliphatic rings. The van der Waals surface area contributed by atoms with Crippen molar-refractivity contribution in [3.63, 3.8) is 0 Å². The van der Waals surface area contributed by atoms with Crippen LogP contribution in [0.4, 0.5) is 0 Å². The summed E-state index contributed by atoms with van der Waals surface area (Å²) in [5.74, 6) is -0.194. The summed E-state index contributed by atoms with van der Waals surface area (Å²) in [5.41, 5.74) is 3.95. The first-order chi connectivity index (χ1) is 15.1. The molecule has 2 aromatic carbocycles. The second kappa shape index (κ2) is 9.63. The second-order valence-corrected chi connectivity index (χ2v) is 9.42. The van der Waals surface area contributed by atoms with Crippen LogP contribution in [0.5, 0.6) is 0 Å². The van der Waals surface area contributed by atoms with Gasteiger partial charge in [-0.25, -0.2) is 0 Å². The van der Waals surface area contributed by atoms with Crippen molar-refractivity contribution >= 4 is 35.3 Å². The number of nitrogens with zero attached hydrogens (tertiary/aromatic N) is 2. The molecule has 0 unspecified atom stereocenters. The molecule has 2 aliphatic heterocycles. The number of hydrogen-bond donors (Lipinski definition) is 1. The van der Waals surface area contributed by atoms with E-state index in [9.17, 15) is 14.9 Å². The van der Waals surface area contributed by atoms with Crippen LogP contribution >= 0.6 is 23.5 Å². The molecule has 0 aromatic heterocycles. The number of fused-ring (bicyclic) bond motifs is 1. The van der Waals surface area contributed by atoms with Crippen molar-refractivity contribution in [2.24, 2.45) is 0 Å². The highest BCUT2D eigenvalue weighted by Crippen LogP contribution is 2.36. The van der Waals surface area contributed by atoms with E-state index in [0.29, 0.717) is 23.7 Å². The predicted molar refractivity (Wildman–Crippen MR) is 124 cm³/mol. The fourth-order valence-corrected chi connectivity index (χ4v) is 5.38. The molecule has 7 heteroatoms. The highest BCUT2D eigenvalue weighted by molar-refractivity contribution is 8.03. The zero-order valence-corrected chi connectivity index (χ0v) is 18.9. The number of benzene rings is 2. The van der Waals surface area contributed by atoms with Crippen molar-refractivity contribution in [1.82, 2.24) is 10.2 Å². The van der Waals surface area contributed by atoms with Crippen LogP contribution in [-0.2, 0) is 22.6 Å². The Bertz CT molecular complexity index is 1070. The molecule has 5 nitrogen and oxygen atoms in total. The van der Waals surface area contributed by atoms with Gasteiger partial charge in [-0.2, -0.15) is 5.26 Å². The first-order valence-electron chi connectivity index (χ1n) is 10.1. The standard InChI is InChI=1S/C24H23N3O2S2/c1-30-19-8-6-17(7-9-19)20-12-22(28)26-24(21(20)13-25)31-15-23(29)27-11-10-16-4-2-3-5-18(16)14-27/h2-9,20H,10-12,14-15H2,1H3,(H,26,28)/t20-/m1/s1. The van der Waals surface area contributed by atoms with E-state index in [2.05, 4.69) is 23.5 Å². The smallest absolute Gasteiger partial charge is 0.233 e. The molecular weight excluding hydrogens is 426 g/mol. The van der Waals surface area contributed by atoms with Crippen LogP contribution in [-0.4, -0.2) is 35.3 Å². The molecule has 0 bridgehead atoms. The minimum atomic E-state index is -0.283. The molecule has 0 spiro atoms. The van der Waals surface area contributed by atoms with Gasteiger partial charge in [-0.1, -0.05) is 48.2 Å². The Labute approximate surface area is 190 Å². The third kappa shape index (κ3) is 4.81. The molecule has 0 saturated heterocycles. The number of rotatable bonds is 5. The Balaban J connectivity index is 1.48. The highest BCUT2D eigenvalue weighted by Gasteiger charge is 2.30. The van der Waals surface area contributed by atoms with E-state index in [4.69, 9.17) is 0 Å². The Morgan fingerprint density at radius 2 is 1.94 bits per heavy atom. The molecule has 1 N–H and O–H groups in total. The van der Waals surface area contributed by atoms with Crippen molar-refractivity contribution in [2.75, 3.05) is 18.6 Å². The van der Waals surface area contributed by atoms with E-state index in [1.54, 1.807) is 11.8 Å². The van der Waals surface area contributed by atoms with Gasteiger partial charge in [0, 0.05) is 30.3 Å². The monoisotopic (exact) mass is 449 g/mol. The maximum Gasteiger partial charge on any atom is 0.233 e. The summed E-state index contributed by atoms with van der Waals surface area (Å²) < 4.78 is 0. The van der Waals surface area contributed by atoms with Crippen molar-refractivity contribution in [3.05, 3.63) is 75.8 Å². The van der Waals surface area contributed by atoms with E-state index in [0.717, 1.165) is 16.9 Å². The minimum absolute atomic E-state index is 0.0185. The summed E-state index contributed by atoms with van der Waals surface area (Å²) >= 11 is 2.90. The van der Waals surface area contributed by atoms with Gasteiger partial charge in [0.05, 0.1) is 22.4 Å². The van der Waals surface area contributed by atoms with Crippen LogP contribution in [0, 0.1) is 11.3 Å². The fourth-order valence-electron chi connectivity index (χ4n) is 3.99. The number of amides is 2. The van der Waals surface area contributed by atoms with Gasteiger partial charge in [0.1, 0.15) is 0 Å². The van der Waals surface area contributed by atoms with Gasteiger partial charge >= 0.3 is 0 Å². The number of nitriles is 1. The molecule has 158 valence electrons.